The largest absolute Gasteiger partial charge is 0.397 e. The van der Waals surface area contributed by atoms with Gasteiger partial charge in [0.05, 0.1) is 11.4 Å². The predicted octanol–water partition coefficient (Wildman–Crippen LogP) is 3.07. The van der Waals surface area contributed by atoms with E-state index in [0.29, 0.717) is 23.1 Å². The number of piperidine rings is 1. The van der Waals surface area contributed by atoms with Crippen molar-refractivity contribution in [1.82, 2.24) is 9.47 Å². The van der Waals surface area contributed by atoms with Crippen molar-refractivity contribution in [2.45, 2.75) is 44.6 Å². The Bertz CT molecular complexity index is 1010. The van der Waals surface area contributed by atoms with Crippen LogP contribution in [0.2, 0.25) is 0 Å². The summed E-state index contributed by atoms with van der Waals surface area (Å²) < 4.78 is 1.95. The van der Waals surface area contributed by atoms with Gasteiger partial charge in [0, 0.05) is 56.0 Å². The Morgan fingerprint density at radius 3 is 2.53 bits per heavy atom. The molecule has 1 amide bonds. The summed E-state index contributed by atoms with van der Waals surface area (Å²) in [6.07, 6.45) is 5.70. The Balaban J connectivity index is 1.37. The molecule has 30 heavy (non-hydrogen) atoms. The van der Waals surface area contributed by atoms with Crippen molar-refractivity contribution in [3.63, 3.8) is 0 Å². The monoisotopic (exact) mass is 406 g/mol. The number of pyridine rings is 1. The molecular formula is C24H30N4O2. The van der Waals surface area contributed by atoms with Gasteiger partial charge in [0.25, 0.3) is 11.5 Å². The molecule has 2 saturated heterocycles. The topological polar surface area (TPSA) is 71.6 Å². The van der Waals surface area contributed by atoms with Crippen LogP contribution in [0.3, 0.4) is 0 Å². The standard InChI is InChI=1S/C24H30N4O2/c25-20-13-18(24(30)26-10-3-1-2-4-11-26)8-9-22(20)27-14-17-12-19(16-27)21-6-5-7-23(29)28(21)15-17/h5-9,13,17,19H,1-4,10-12,14-16,25H2. The molecule has 0 saturated carbocycles. The Hall–Kier alpha value is -2.76. The Morgan fingerprint density at radius 1 is 0.967 bits per heavy atom. The van der Waals surface area contributed by atoms with Crippen LogP contribution in [0.25, 0.3) is 0 Å². The number of nitrogens with zero attached hydrogens (tertiary/aromatic N) is 3. The molecule has 158 valence electrons. The number of likely N-dealkylation sites (tertiary alicyclic amines) is 1. The van der Waals surface area contributed by atoms with Crippen LogP contribution in [0.1, 0.15) is 54.1 Å². The average Bonchev–Trinajstić information content (AvgIpc) is 3.03. The van der Waals surface area contributed by atoms with E-state index in [1.165, 1.54) is 12.8 Å². The zero-order valence-corrected chi connectivity index (χ0v) is 17.4. The summed E-state index contributed by atoms with van der Waals surface area (Å²) in [7, 11) is 0. The molecule has 0 spiro atoms. The van der Waals surface area contributed by atoms with E-state index in [2.05, 4.69) is 11.0 Å². The molecular weight excluding hydrogens is 376 g/mol. The van der Waals surface area contributed by atoms with Gasteiger partial charge < -0.3 is 20.1 Å². The summed E-state index contributed by atoms with van der Waals surface area (Å²) in [6.45, 7) is 4.20. The summed E-state index contributed by atoms with van der Waals surface area (Å²) in [5.41, 5.74) is 10.0. The molecule has 5 rings (SSSR count). The second-order valence-corrected chi connectivity index (χ2v) is 9.08. The van der Waals surface area contributed by atoms with Gasteiger partial charge in [0.1, 0.15) is 0 Å². The van der Waals surface area contributed by atoms with E-state index in [4.69, 9.17) is 5.73 Å². The van der Waals surface area contributed by atoms with Crippen LogP contribution in [0, 0.1) is 5.92 Å². The van der Waals surface area contributed by atoms with Crippen molar-refractivity contribution in [3.8, 4) is 0 Å². The van der Waals surface area contributed by atoms with Crippen molar-refractivity contribution in [2.75, 3.05) is 36.8 Å². The number of carbonyl (C=O) groups is 1. The fourth-order valence-electron chi connectivity index (χ4n) is 5.53. The first-order chi connectivity index (χ1) is 14.6. The molecule has 3 aliphatic rings. The van der Waals surface area contributed by atoms with Gasteiger partial charge in [-0.15, -0.1) is 0 Å². The van der Waals surface area contributed by atoms with Gasteiger partial charge in [-0.1, -0.05) is 18.9 Å². The maximum Gasteiger partial charge on any atom is 0.253 e. The van der Waals surface area contributed by atoms with Crippen molar-refractivity contribution < 1.29 is 4.79 Å². The highest BCUT2D eigenvalue weighted by atomic mass is 16.2. The number of rotatable bonds is 2. The zero-order chi connectivity index (χ0) is 20.7. The molecule has 1 aromatic carbocycles. The second-order valence-electron chi connectivity index (χ2n) is 9.08. The zero-order valence-electron chi connectivity index (χ0n) is 17.4. The molecule has 2 bridgehead atoms. The Labute approximate surface area is 177 Å². The summed E-state index contributed by atoms with van der Waals surface area (Å²) in [5.74, 6) is 0.873. The third-order valence-corrected chi connectivity index (χ3v) is 6.99. The normalized spacial score (nSPS) is 23.6. The summed E-state index contributed by atoms with van der Waals surface area (Å²) in [5, 5.41) is 0. The van der Waals surface area contributed by atoms with Crippen molar-refractivity contribution in [1.29, 1.82) is 0 Å². The van der Waals surface area contributed by atoms with Gasteiger partial charge in [-0.2, -0.15) is 0 Å². The van der Waals surface area contributed by atoms with Crippen LogP contribution in [-0.4, -0.2) is 41.6 Å². The summed E-state index contributed by atoms with van der Waals surface area (Å²) in [4.78, 5) is 29.5. The number of anilines is 2. The first kappa shape index (κ1) is 19.2. The molecule has 3 aliphatic heterocycles. The smallest absolute Gasteiger partial charge is 0.253 e. The predicted molar refractivity (Wildman–Crippen MR) is 119 cm³/mol. The van der Waals surface area contributed by atoms with E-state index in [9.17, 15) is 9.59 Å². The minimum absolute atomic E-state index is 0.0963. The second kappa shape index (κ2) is 7.82. The van der Waals surface area contributed by atoms with Crippen LogP contribution in [0.4, 0.5) is 11.4 Å². The van der Waals surface area contributed by atoms with Crippen molar-refractivity contribution in [3.05, 3.63) is 58.0 Å². The summed E-state index contributed by atoms with van der Waals surface area (Å²) in [6, 6.07) is 11.4. The van der Waals surface area contributed by atoms with Gasteiger partial charge >= 0.3 is 0 Å². The molecule has 6 nitrogen and oxygen atoms in total. The Kier molecular flexibility index (Phi) is 5.01. The van der Waals surface area contributed by atoms with Crippen LogP contribution in [0.5, 0.6) is 0 Å². The lowest BCUT2D eigenvalue weighted by atomic mass is 9.83. The van der Waals surface area contributed by atoms with E-state index < -0.39 is 0 Å². The number of fused-ring (bicyclic) bond motifs is 4. The number of nitrogen functional groups attached to an aromatic ring is 1. The fraction of sp³-hybridized carbons (Fsp3) is 0.500. The minimum Gasteiger partial charge on any atom is -0.397 e. The van der Waals surface area contributed by atoms with E-state index >= 15 is 0 Å². The van der Waals surface area contributed by atoms with E-state index in [1.807, 2.05) is 33.7 Å². The highest BCUT2D eigenvalue weighted by Gasteiger charge is 2.35. The number of amides is 1. The summed E-state index contributed by atoms with van der Waals surface area (Å²) >= 11 is 0. The molecule has 2 unspecified atom stereocenters. The maximum atomic E-state index is 12.9. The van der Waals surface area contributed by atoms with Crippen molar-refractivity contribution in [2.24, 2.45) is 5.92 Å². The molecule has 2 aromatic rings. The average molecular weight is 407 g/mol. The third-order valence-electron chi connectivity index (χ3n) is 6.99. The lowest BCUT2D eigenvalue weighted by Gasteiger charge is -2.44. The molecule has 1 aromatic heterocycles. The lowest BCUT2D eigenvalue weighted by Crippen LogP contribution is -2.47. The lowest BCUT2D eigenvalue weighted by molar-refractivity contribution is 0.0761. The minimum atomic E-state index is 0.0963. The molecule has 0 radical (unpaired) electrons. The van der Waals surface area contributed by atoms with Gasteiger partial charge in [-0.3, -0.25) is 9.59 Å². The van der Waals surface area contributed by atoms with E-state index in [-0.39, 0.29) is 11.5 Å². The van der Waals surface area contributed by atoms with Crippen LogP contribution >= 0.6 is 0 Å². The van der Waals surface area contributed by atoms with Gasteiger partial charge in [0.2, 0.25) is 0 Å². The molecule has 4 heterocycles. The molecule has 2 atom stereocenters. The van der Waals surface area contributed by atoms with Gasteiger partial charge in [-0.25, -0.2) is 0 Å². The highest BCUT2D eigenvalue weighted by molar-refractivity contribution is 5.96. The molecule has 2 fully saturated rings. The molecule has 6 heteroatoms. The molecule has 2 N–H and O–H groups in total. The van der Waals surface area contributed by atoms with Gasteiger partial charge in [-0.05, 0) is 49.4 Å². The fourth-order valence-corrected chi connectivity index (χ4v) is 5.53. The molecule has 0 aliphatic carbocycles. The number of nitrogens with two attached hydrogens (primary N) is 1. The number of benzene rings is 1. The van der Waals surface area contributed by atoms with Crippen LogP contribution in [-0.2, 0) is 6.54 Å². The van der Waals surface area contributed by atoms with Gasteiger partial charge in [0.15, 0.2) is 0 Å². The number of carbonyl (C=O) groups excluding carboxylic acids is 1. The highest BCUT2D eigenvalue weighted by Crippen LogP contribution is 2.38. The SMILES string of the molecule is Nc1cc(C(=O)N2CCCCCC2)ccc1N1CC2CC(C1)c1cccc(=O)n1C2. The Morgan fingerprint density at radius 2 is 1.77 bits per heavy atom. The number of hydrogen-bond acceptors (Lipinski definition) is 4. The number of aromatic nitrogens is 1. The third kappa shape index (κ3) is 3.48. The quantitative estimate of drug-likeness (QED) is 0.778. The first-order valence-electron chi connectivity index (χ1n) is 11.2. The first-order valence-corrected chi connectivity index (χ1v) is 11.2. The van der Waals surface area contributed by atoms with Crippen LogP contribution < -0.4 is 16.2 Å². The number of hydrogen-bond donors (Lipinski definition) is 1. The maximum absolute atomic E-state index is 12.9. The van der Waals surface area contributed by atoms with Crippen molar-refractivity contribution >= 4 is 17.3 Å². The van der Waals surface area contributed by atoms with E-state index in [1.54, 1.807) is 6.07 Å². The van der Waals surface area contributed by atoms with Crippen LogP contribution in [0.15, 0.2) is 41.2 Å². The van der Waals surface area contributed by atoms with E-state index in [0.717, 1.165) is 63.4 Å².